The SMILES string of the molecule is COc1ccccc1-n1c(O)c(N=Nc2ccc(Cl)cc2)c(=O)n(-c2ccc(Cl)cc2)c1=S. The maximum Gasteiger partial charge on any atom is 0.290 e. The first kappa shape index (κ1) is 22.7. The minimum Gasteiger partial charge on any atom is -0.495 e. The van der Waals surface area contributed by atoms with Gasteiger partial charge in [-0.3, -0.25) is 13.9 Å². The molecule has 0 unspecified atom stereocenters. The second kappa shape index (κ2) is 9.58. The summed E-state index contributed by atoms with van der Waals surface area (Å²) >= 11 is 17.5. The van der Waals surface area contributed by atoms with Gasteiger partial charge < -0.3 is 9.84 Å². The zero-order valence-corrected chi connectivity index (χ0v) is 19.5. The van der Waals surface area contributed by atoms with Crippen molar-refractivity contribution in [3.05, 3.63) is 98.0 Å². The van der Waals surface area contributed by atoms with Gasteiger partial charge in [-0.25, -0.2) is 0 Å². The Labute approximate surface area is 203 Å². The maximum absolute atomic E-state index is 13.4. The van der Waals surface area contributed by atoms with E-state index in [0.717, 1.165) is 0 Å². The van der Waals surface area contributed by atoms with Gasteiger partial charge in [0, 0.05) is 10.0 Å². The van der Waals surface area contributed by atoms with Gasteiger partial charge in [0.2, 0.25) is 11.6 Å². The molecule has 4 rings (SSSR count). The Kier molecular flexibility index (Phi) is 6.60. The molecule has 7 nitrogen and oxygen atoms in total. The van der Waals surface area contributed by atoms with Crippen molar-refractivity contribution in [2.24, 2.45) is 10.2 Å². The summed E-state index contributed by atoms with van der Waals surface area (Å²) in [5.74, 6) is -0.0387. The third-order valence-corrected chi connectivity index (χ3v) is 5.58. The highest BCUT2D eigenvalue weighted by molar-refractivity contribution is 7.71. The third-order valence-electron chi connectivity index (χ3n) is 4.71. The smallest absolute Gasteiger partial charge is 0.290 e. The van der Waals surface area contributed by atoms with Gasteiger partial charge in [0.15, 0.2) is 4.77 Å². The van der Waals surface area contributed by atoms with Crippen LogP contribution in [0, 0.1) is 4.77 Å². The Morgan fingerprint density at radius 1 is 0.879 bits per heavy atom. The number of azo groups is 1. The lowest BCUT2D eigenvalue weighted by Gasteiger charge is -2.17. The molecular weight excluding hydrogens is 483 g/mol. The van der Waals surface area contributed by atoms with E-state index < -0.39 is 11.4 Å². The number of ether oxygens (including phenoxy) is 1. The average molecular weight is 499 g/mol. The van der Waals surface area contributed by atoms with Crippen LogP contribution in [0.1, 0.15) is 0 Å². The standard InChI is InChI=1S/C23H16Cl2N4O3S/c1-32-19-5-3-2-4-18(19)29-22(31)20(27-26-16-10-6-14(24)7-11-16)21(30)28(23(29)33)17-12-8-15(25)9-13-17/h2-13,31H,1H3. The molecular formula is C23H16Cl2N4O3S. The summed E-state index contributed by atoms with van der Waals surface area (Å²) in [7, 11) is 1.50. The number of hydrogen-bond acceptors (Lipinski definition) is 6. The van der Waals surface area contributed by atoms with E-state index >= 15 is 0 Å². The van der Waals surface area contributed by atoms with Crippen LogP contribution in [0.2, 0.25) is 10.0 Å². The van der Waals surface area contributed by atoms with E-state index in [2.05, 4.69) is 10.2 Å². The molecule has 0 spiro atoms. The summed E-state index contributed by atoms with van der Waals surface area (Å²) < 4.78 is 7.99. The molecule has 0 aliphatic carbocycles. The van der Waals surface area contributed by atoms with Gasteiger partial charge in [-0.05, 0) is 72.9 Å². The predicted octanol–water partition coefficient (Wildman–Crippen LogP) is 6.79. The molecule has 10 heteroatoms. The van der Waals surface area contributed by atoms with Crippen molar-refractivity contribution in [1.82, 2.24) is 9.13 Å². The lowest BCUT2D eigenvalue weighted by atomic mass is 10.2. The molecule has 0 aliphatic heterocycles. The minimum atomic E-state index is -0.649. The number of methoxy groups -OCH3 is 1. The van der Waals surface area contributed by atoms with Crippen molar-refractivity contribution in [3.8, 4) is 23.0 Å². The second-order valence-corrected chi connectivity index (χ2v) is 7.99. The molecule has 33 heavy (non-hydrogen) atoms. The molecule has 166 valence electrons. The number of halogens is 2. The Balaban J connectivity index is 2.02. The highest BCUT2D eigenvalue weighted by Gasteiger charge is 2.21. The topological polar surface area (TPSA) is 81.1 Å². The number of nitrogens with zero attached hydrogens (tertiary/aromatic N) is 4. The summed E-state index contributed by atoms with van der Waals surface area (Å²) in [4.78, 5) is 13.4. The summed E-state index contributed by atoms with van der Waals surface area (Å²) in [6.45, 7) is 0. The van der Waals surface area contributed by atoms with E-state index in [4.69, 9.17) is 40.2 Å². The summed E-state index contributed by atoms with van der Waals surface area (Å²) in [5, 5.41) is 20.3. The lowest BCUT2D eigenvalue weighted by molar-refractivity contribution is 0.402. The Morgan fingerprint density at radius 3 is 2.12 bits per heavy atom. The zero-order chi connectivity index (χ0) is 23.5. The van der Waals surface area contributed by atoms with Gasteiger partial charge >= 0.3 is 0 Å². The van der Waals surface area contributed by atoms with E-state index in [-0.39, 0.29) is 10.5 Å². The van der Waals surface area contributed by atoms with E-state index in [1.165, 1.54) is 16.2 Å². The van der Waals surface area contributed by atoms with Gasteiger partial charge in [0.1, 0.15) is 5.75 Å². The molecule has 4 aromatic rings. The Bertz CT molecular complexity index is 1460. The van der Waals surface area contributed by atoms with Gasteiger partial charge in [-0.15, -0.1) is 5.11 Å². The summed E-state index contributed by atoms with van der Waals surface area (Å²) in [6.07, 6.45) is 0. The molecule has 1 heterocycles. The van der Waals surface area contributed by atoms with Crippen LogP contribution in [0.25, 0.3) is 11.4 Å². The quantitative estimate of drug-likeness (QED) is 0.242. The first-order valence-corrected chi connectivity index (χ1v) is 10.7. The molecule has 3 aromatic carbocycles. The van der Waals surface area contributed by atoms with Crippen LogP contribution >= 0.6 is 35.4 Å². The molecule has 0 amide bonds. The predicted molar refractivity (Wildman–Crippen MR) is 131 cm³/mol. The molecule has 0 saturated heterocycles. The summed E-state index contributed by atoms with van der Waals surface area (Å²) in [5.41, 5.74) is 0.361. The molecule has 0 aliphatic rings. The monoisotopic (exact) mass is 498 g/mol. The van der Waals surface area contributed by atoms with Gasteiger partial charge in [-0.1, -0.05) is 35.3 Å². The van der Waals surface area contributed by atoms with E-state index in [0.29, 0.717) is 32.9 Å². The molecule has 0 radical (unpaired) electrons. The van der Waals surface area contributed by atoms with Gasteiger partial charge in [0.25, 0.3) is 5.56 Å². The number of hydrogen-bond donors (Lipinski definition) is 1. The minimum absolute atomic E-state index is 0.00904. The third kappa shape index (κ3) is 4.54. The number of benzene rings is 3. The van der Waals surface area contributed by atoms with Crippen molar-refractivity contribution >= 4 is 46.8 Å². The van der Waals surface area contributed by atoms with Crippen LogP contribution in [0.15, 0.2) is 87.8 Å². The van der Waals surface area contributed by atoms with Gasteiger partial charge in [0.05, 0.1) is 24.2 Å². The molecule has 0 bridgehead atoms. The number of rotatable bonds is 5. The van der Waals surface area contributed by atoms with Crippen molar-refractivity contribution in [1.29, 1.82) is 0 Å². The zero-order valence-electron chi connectivity index (χ0n) is 17.1. The highest BCUT2D eigenvalue weighted by Crippen LogP contribution is 2.33. The normalized spacial score (nSPS) is 11.1. The van der Waals surface area contributed by atoms with Crippen LogP contribution in [-0.4, -0.2) is 21.4 Å². The van der Waals surface area contributed by atoms with Crippen LogP contribution < -0.4 is 10.3 Å². The fourth-order valence-electron chi connectivity index (χ4n) is 3.14. The average Bonchev–Trinajstić information content (AvgIpc) is 2.81. The first-order chi connectivity index (χ1) is 15.9. The Morgan fingerprint density at radius 2 is 1.48 bits per heavy atom. The lowest BCUT2D eigenvalue weighted by Crippen LogP contribution is -2.23. The largest absolute Gasteiger partial charge is 0.495 e. The maximum atomic E-state index is 13.4. The fourth-order valence-corrected chi connectivity index (χ4v) is 3.76. The number of aromatic hydroxyl groups is 1. The van der Waals surface area contributed by atoms with Crippen molar-refractivity contribution < 1.29 is 9.84 Å². The van der Waals surface area contributed by atoms with Gasteiger partial charge in [-0.2, -0.15) is 5.11 Å². The molecule has 0 atom stereocenters. The van der Waals surface area contributed by atoms with Crippen molar-refractivity contribution in [3.63, 3.8) is 0 Å². The second-order valence-electron chi connectivity index (χ2n) is 6.76. The van der Waals surface area contributed by atoms with Crippen molar-refractivity contribution in [2.75, 3.05) is 7.11 Å². The van der Waals surface area contributed by atoms with E-state index in [9.17, 15) is 9.90 Å². The molecule has 0 saturated carbocycles. The number of para-hydroxylation sites is 2. The molecule has 1 aromatic heterocycles. The molecule has 1 N–H and O–H groups in total. The first-order valence-electron chi connectivity index (χ1n) is 9.58. The number of aromatic nitrogens is 2. The van der Waals surface area contributed by atoms with Crippen molar-refractivity contribution in [2.45, 2.75) is 0 Å². The summed E-state index contributed by atoms with van der Waals surface area (Å²) in [6, 6.07) is 20.0. The van der Waals surface area contributed by atoms with Crippen LogP contribution in [-0.2, 0) is 0 Å². The van der Waals surface area contributed by atoms with E-state index in [1.807, 2.05) is 0 Å². The van der Waals surface area contributed by atoms with E-state index in [1.54, 1.807) is 72.8 Å². The van der Waals surface area contributed by atoms with Crippen LogP contribution in [0.3, 0.4) is 0 Å². The van der Waals surface area contributed by atoms with Crippen LogP contribution in [0.4, 0.5) is 11.4 Å². The highest BCUT2D eigenvalue weighted by atomic mass is 35.5. The Hall–Kier alpha value is -3.46. The van der Waals surface area contributed by atoms with Crippen LogP contribution in [0.5, 0.6) is 11.6 Å². The molecule has 0 fully saturated rings. The fraction of sp³-hybridized carbons (Fsp3) is 0.0435.